The molecule has 104 valence electrons. The third-order valence-electron chi connectivity index (χ3n) is 2.86. The van der Waals surface area contributed by atoms with Crippen molar-refractivity contribution in [3.8, 4) is 0 Å². The summed E-state index contributed by atoms with van der Waals surface area (Å²) in [6, 6.07) is 4.75. The third kappa shape index (κ3) is 3.83. The molecule has 0 unspecified atom stereocenters. The molecule has 0 saturated heterocycles. The first-order valence-corrected chi connectivity index (χ1v) is 6.58. The van der Waals surface area contributed by atoms with Crippen LogP contribution in [-0.4, -0.2) is 17.7 Å². The lowest BCUT2D eigenvalue weighted by molar-refractivity contribution is 0.0523. The summed E-state index contributed by atoms with van der Waals surface area (Å²) in [6.45, 7) is 5.43. The number of ether oxygens (including phenoxy) is 1. The van der Waals surface area contributed by atoms with Crippen LogP contribution in [0.15, 0.2) is 18.2 Å². The average molecular weight is 286 g/mol. The second-order valence-electron chi connectivity index (χ2n) is 5.77. The maximum atomic E-state index is 13.3. The van der Waals surface area contributed by atoms with Crippen LogP contribution < -0.4 is 5.32 Å². The topological polar surface area (TPSA) is 38.3 Å². The van der Waals surface area contributed by atoms with Crippen molar-refractivity contribution in [2.75, 3.05) is 0 Å². The molecule has 1 aromatic carbocycles. The van der Waals surface area contributed by atoms with Crippen LogP contribution in [0.5, 0.6) is 0 Å². The number of alkyl carbamates (subject to hydrolysis) is 1. The van der Waals surface area contributed by atoms with Crippen molar-refractivity contribution in [1.29, 1.82) is 0 Å². The van der Waals surface area contributed by atoms with Gasteiger partial charge in [-0.1, -0.05) is 17.7 Å². The lowest BCUT2D eigenvalue weighted by Crippen LogP contribution is -2.34. The Morgan fingerprint density at radius 2 is 2.16 bits per heavy atom. The predicted molar refractivity (Wildman–Crippen MR) is 71.9 cm³/mol. The molecule has 0 bridgehead atoms. The lowest BCUT2D eigenvalue weighted by Gasteiger charge is -2.19. The Kier molecular flexibility index (Phi) is 3.72. The van der Waals surface area contributed by atoms with E-state index in [4.69, 9.17) is 16.3 Å². The van der Waals surface area contributed by atoms with Gasteiger partial charge >= 0.3 is 6.09 Å². The van der Waals surface area contributed by atoms with Gasteiger partial charge < -0.3 is 10.1 Å². The van der Waals surface area contributed by atoms with Gasteiger partial charge in [0.2, 0.25) is 0 Å². The first-order valence-electron chi connectivity index (χ1n) is 6.21. The molecular weight excluding hydrogens is 269 g/mol. The molecular formula is C14H17ClFNO2. The summed E-state index contributed by atoms with van der Waals surface area (Å²) in [6.07, 6.45) is 0.356. The summed E-state index contributed by atoms with van der Waals surface area (Å²) in [4.78, 5) is 11.6. The van der Waals surface area contributed by atoms with E-state index in [-0.39, 0.29) is 17.0 Å². The number of nitrogens with one attached hydrogen (secondary N) is 1. The fraction of sp³-hybridized carbons (Fsp3) is 0.500. The van der Waals surface area contributed by atoms with E-state index in [0.717, 1.165) is 12.0 Å². The summed E-state index contributed by atoms with van der Waals surface area (Å²) in [5.74, 6) is -0.290. The fourth-order valence-corrected chi connectivity index (χ4v) is 2.04. The molecule has 0 aliphatic heterocycles. The lowest BCUT2D eigenvalue weighted by atomic mass is 10.1. The van der Waals surface area contributed by atoms with E-state index in [9.17, 15) is 9.18 Å². The van der Waals surface area contributed by atoms with Crippen molar-refractivity contribution < 1.29 is 13.9 Å². The van der Waals surface area contributed by atoms with Crippen LogP contribution in [0.4, 0.5) is 9.18 Å². The molecule has 0 aromatic heterocycles. The third-order valence-corrected chi connectivity index (χ3v) is 3.17. The zero-order chi connectivity index (χ0) is 14.2. The Hall–Kier alpha value is -1.29. The molecule has 1 fully saturated rings. The zero-order valence-corrected chi connectivity index (χ0v) is 11.9. The Labute approximate surface area is 117 Å². The maximum Gasteiger partial charge on any atom is 0.407 e. The van der Waals surface area contributed by atoms with Crippen molar-refractivity contribution >= 4 is 17.7 Å². The molecule has 19 heavy (non-hydrogen) atoms. The average Bonchev–Trinajstić information content (AvgIpc) is 2.98. The van der Waals surface area contributed by atoms with E-state index in [1.807, 2.05) is 20.8 Å². The molecule has 1 aromatic rings. The Morgan fingerprint density at radius 1 is 1.47 bits per heavy atom. The van der Waals surface area contributed by atoms with Gasteiger partial charge in [0, 0.05) is 12.0 Å². The molecule has 0 spiro atoms. The number of rotatable bonds is 2. The second kappa shape index (κ2) is 5.00. The maximum absolute atomic E-state index is 13.3. The highest BCUT2D eigenvalue weighted by Crippen LogP contribution is 2.41. The highest BCUT2D eigenvalue weighted by molar-refractivity contribution is 6.30. The van der Waals surface area contributed by atoms with Crippen LogP contribution in [0.1, 0.15) is 38.7 Å². The molecule has 3 nitrogen and oxygen atoms in total. The van der Waals surface area contributed by atoms with Crippen LogP contribution in [0, 0.1) is 5.82 Å². The van der Waals surface area contributed by atoms with Gasteiger partial charge in [0.1, 0.15) is 11.4 Å². The summed E-state index contributed by atoms with van der Waals surface area (Å²) in [5, 5.41) is 2.89. The van der Waals surface area contributed by atoms with E-state index >= 15 is 0 Å². The summed E-state index contributed by atoms with van der Waals surface area (Å²) in [5.41, 5.74) is 0.337. The van der Waals surface area contributed by atoms with Crippen LogP contribution >= 0.6 is 11.6 Å². The first-order chi connectivity index (χ1) is 8.76. The Bertz CT molecular complexity index is 499. The summed E-state index contributed by atoms with van der Waals surface area (Å²) < 4.78 is 18.5. The molecule has 0 heterocycles. The SMILES string of the molecule is CC(C)(C)OC(=O)N[C@H]1C[C@@H]1c1ccc(Cl)c(F)c1. The standard InChI is InChI=1S/C14H17ClFNO2/c1-14(2,3)19-13(18)17-12-7-9(12)8-4-5-10(15)11(16)6-8/h4-6,9,12H,7H2,1-3H3,(H,17,18)/t9-,12+/m1/s1. The van der Waals surface area contributed by atoms with Gasteiger partial charge in [-0.05, 0) is 44.9 Å². The van der Waals surface area contributed by atoms with Crippen LogP contribution in [0.2, 0.25) is 5.02 Å². The molecule has 2 atom stereocenters. The summed E-state index contributed by atoms with van der Waals surface area (Å²) >= 11 is 5.63. The fourth-order valence-electron chi connectivity index (χ4n) is 1.92. The number of benzene rings is 1. The number of hydrogen-bond donors (Lipinski definition) is 1. The molecule has 1 N–H and O–H groups in total. The monoisotopic (exact) mass is 285 g/mol. The van der Waals surface area contributed by atoms with Crippen LogP contribution in [0.25, 0.3) is 0 Å². The van der Waals surface area contributed by atoms with E-state index in [0.29, 0.717) is 0 Å². The minimum Gasteiger partial charge on any atom is -0.444 e. The van der Waals surface area contributed by atoms with Gasteiger partial charge in [-0.15, -0.1) is 0 Å². The van der Waals surface area contributed by atoms with Crippen molar-refractivity contribution in [3.63, 3.8) is 0 Å². The molecule has 1 aliphatic carbocycles. The largest absolute Gasteiger partial charge is 0.444 e. The van der Waals surface area contributed by atoms with Gasteiger partial charge in [-0.3, -0.25) is 0 Å². The molecule has 2 rings (SSSR count). The minimum absolute atomic E-state index is 0.00965. The zero-order valence-electron chi connectivity index (χ0n) is 11.2. The van der Waals surface area contributed by atoms with E-state index in [2.05, 4.69) is 5.32 Å². The van der Waals surface area contributed by atoms with E-state index < -0.39 is 17.5 Å². The molecule has 1 aliphatic rings. The molecule has 5 heteroatoms. The highest BCUT2D eigenvalue weighted by Gasteiger charge is 2.40. The Morgan fingerprint density at radius 3 is 2.74 bits per heavy atom. The van der Waals surface area contributed by atoms with Gasteiger partial charge in [-0.2, -0.15) is 0 Å². The summed E-state index contributed by atoms with van der Waals surface area (Å²) in [7, 11) is 0. The van der Waals surface area contributed by atoms with Crippen LogP contribution in [0.3, 0.4) is 0 Å². The predicted octanol–water partition coefficient (Wildman–Crippen LogP) is 3.86. The van der Waals surface area contributed by atoms with Gasteiger partial charge in [0.15, 0.2) is 0 Å². The number of amides is 1. The van der Waals surface area contributed by atoms with Crippen molar-refractivity contribution in [2.24, 2.45) is 0 Å². The van der Waals surface area contributed by atoms with Crippen molar-refractivity contribution in [1.82, 2.24) is 5.32 Å². The minimum atomic E-state index is -0.513. The molecule has 0 radical (unpaired) electrons. The van der Waals surface area contributed by atoms with Gasteiger partial charge in [0.25, 0.3) is 0 Å². The van der Waals surface area contributed by atoms with Crippen LogP contribution in [-0.2, 0) is 4.74 Å². The second-order valence-corrected chi connectivity index (χ2v) is 6.18. The highest BCUT2D eigenvalue weighted by atomic mass is 35.5. The smallest absolute Gasteiger partial charge is 0.407 e. The van der Waals surface area contributed by atoms with Crippen molar-refractivity contribution in [2.45, 2.75) is 44.8 Å². The Balaban J connectivity index is 1.90. The number of hydrogen-bond acceptors (Lipinski definition) is 2. The van der Waals surface area contributed by atoms with Crippen molar-refractivity contribution in [3.05, 3.63) is 34.6 Å². The van der Waals surface area contributed by atoms with E-state index in [1.165, 1.54) is 12.1 Å². The molecule has 1 amide bonds. The number of halogens is 2. The number of carbonyl (C=O) groups is 1. The number of carbonyl (C=O) groups excluding carboxylic acids is 1. The van der Waals surface area contributed by atoms with Gasteiger partial charge in [-0.25, -0.2) is 9.18 Å². The quantitative estimate of drug-likeness (QED) is 0.896. The normalized spacial score (nSPS) is 21.9. The van der Waals surface area contributed by atoms with E-state index in [1.54, 1.807) is 6.07 Å². The van der Waals surface area contributed by atoms with Gasteiger partial charge in [0.05, 0.1) is 5.02 Å². The first kappa shape index (κ1) is 14.1. The molecule has 1 saturated carbocycles.